The number of amides is 2. The summed E-state index contributed by atoms with van der Waals surface area (Å²) in [5.41, 5.74) is 8.04. The van der Waals surface area contributed by atoms with E-state index in [4.69, 9.17) is 5.73 Å². The molecule has 2 aliphatic rings. The molecule has 1 spiro atoms. The van der Waals surface area contributed by atoms with E-state index >= 15 is 0 Å². The van der Waals surface area contributed by atoms with Crippen molar-refractivity contribution in [2.75, 3.05) is 11.4 Å². The number of benzene rings is 1. The molecule has 3 rings (SSSR count). The first-order chi connectivity index (χ1) is 8.23. The quantitative estimate of drug-likeness (QED) is 0.732. The molecule has 1 heterocycles. The summed E-state index contributed by atoms with van der Waals surface area (Å²) in [6.45, 7) is 0.779. The molecule has 1 aromatic carbocycles. The number of primary amides is 1. The van der Waals surface area contributed by atoms with Gasteiger partial charge in [-0.25, -0.2) is 4.79 Å². The van der Waals surface area contributed by atoms with E-state index in [2.05, 4.69) is 12.1 Å². The van der Waals surface area contributed by atoms with Crippen molar-refractivity contribution in [3.63, 3.8) is 0 Å². The number of hydrogen-bond acceptors (Lipinski definition) is 1. The minimum absolute atomic E-state index is 0.184. The van der Waals surface area contributed by atoms with Crippen LogP contribution in [0.25, 0.3) is 0 Å². The summed E-state index contributed by atoms with van der Waals surface area (Å²) in [4.78, 5) is 13.3. The lowest BCUT2D eigenvalue weighted by Gasteiger charge is -2.34. The molecule has 0 bridgehead atoms. The Bertz CT molecular complexity index is 449. The summed E-state index contributed by atoms with van der Waals surface area (Å²) < 4.78 is 0. The fourth-order valence-corrected chi connectivity index (χ4v) is 3.48. The topological polar surface area (TPSA) is 46.3 Å². The SMILES string of the molecule is NC(=O)N1CC2(CCCCC2)c2ccccc21. The summed E-state index contributed by atoms with van der Waals surface area (Å²) in [7, 11) is 0. The van der Waals surface area contributed by atoms with Gasteiger partial charge in [-0.2, -0.15) is 0 Å². The molecule has 1 aliphatic heterocycles. The highest BCUT2D eigenvalue weighted by molar-refractivity contribution is 5.94. The third-order valence-corrected chi connectivity index (χ3v) is 4.30. The van der Waals surface area contributed by atoms with Crippen molar-refractivity contribution >= 4 is 11.7 Å². The number of hydrogen-bond donors (Lipinski definition) is 1. The van der Waals surface area contributed by atoms with Crippen LogP contribution in [0.3, 0.4) is 0 Å². The predicted octanol–water partition coefficient (Wildman–Crippen LogP) is 2.79. The van der Waals surface area contributed by atoms with Crippen LogP contribution in [0, 0.1) is 0 Å². The molecule has 2 N–H and O–H groups in total. The van der Waals surface area contributed by atoms with Gasteiger partial charge in [-0.05, 0) is 24.5 Å². The summed E-state index contributed by atoms with van der Waals surface area (Å²) in [5.74, 6) is 0. The highest BCUT2D eigenvalue weighted by Gasteiger charge is 2.44. The minimum atomic E-state index is -0.320. The number of anilines is 1. The number of urea groups is 1. The number of carbonyl (C=O) groups is 1. The second-order valence-corrected chi connectivity index (χ2v) is 5.28. The number of fused-ring (bicyclic) bond motifs is 2. The number of nitrogens with two attached hydrogens (primary N) is 1. The van der Waals surface area contributed by atoms with E-state index in [9.17, 15) is 4.79 Å². The van der Waals surface area contributed by atoms with Crippen molar-refractivity contribution in [2.45, 2.75) is 37.5 Å². The minimum Gasteiger partial charge on any atom is -0.351 e. The molecule has 1 saturated carbocycles. The fraction of sp³-hybridized carbons (Fsp3) is 0.500. The van der Waals surface area contributed by atoms with Gasteiger partial charge in [0.2, 0.25) is 0 Å². The average molecular weight is 230 g/mol. The lowest BCUT2D eigenvalue weighted by atomic mass is 9.71. The molecule has 3 nitrogen and oxygen atoms in total. The average Bonchev–Trinajstić information content (AvgIpc) is 2.66. The number of carbonyl (C=O) groups excluding carboxylic acids is 1. The van der Waals surface area contributed by atoms with E-state index in [1.54, 1.807) is 4.90 Å². The first-order valence-corrected chi connectivity index (χ1v) is 6.39. The van der Waals surface area contributed by atoms with E-state index in [0.29, 0.717) is 0 Å². The lowest BCUT2D eigenvalue weighted by molar-refractivity contribution is 0.250. The summed E-state index contributed by atoms with van der Waals surface area (Å²) >= 11 is 0. The lowest BCUT2D eigenvalue weighted by Crippen LogP contribution is -2.40. The van der Waals surface area contributed by atoms with Crippen LogP contribution in [0.1, 0.15) is 37.7 Å². The summed E-state index contributed by atoms with van der Waals surface area (Å²) in [5, 5.41) is 0. The maximum Gasteiger partial charge on any atom is 0.319 e. The molecule has 1 fully saturated rings. The molecule has 0 unspecified atom stereocenters. The molecular formula is C14H18N2O. The van der Waals surface area contributed by atoms with Crippen molar-refractivity contribution in [2.24, 2.45) is 5.73 Å². The van der Waals surface area contributed by atoms with Gasteiger partial charge in [0.1, 0.15) is 0 Å². The van der Waals surface area contributed by atoms with E-state index in [1.807, 2.05) is 12.1 Å². The highest BCUT2D eigenvalue weighted by Crippen LogP contribution is 2.48. The maximum atomic E-state index is 11.5. The highest BCUT2D eigenvalue weighted by atomic mass is 16.2. The molecule has 3 heteroatoms. The zero-order valence-electron chi connectivity index (χ0n) is 9.98. The molecule has 0 radical (unpaired) electrons. The molecule has 1 aliphatic carbocycles. The van der Waals surface area contributed by atoms with E-state index in [1.165, 1.54) is 37.7 Å². The number of para-hydroxylation sites is 1. The Morgan fingerprint density at radius 2 is 1.88 bits per heavy atom. The van der Waals surface area contributed by atoms with Crippen molar-refractivity contribution in [1.29, 1.82) is 0 Å². The Morgan fingerprint density at radius 3 is 2.59 bits per heavy atom. The van der Waals surface area contributed by atoms with Crippen molar-refractivity contribution in [1.82, 2.24) is 0 Å². The van der Waals surface area contributed by atoms with Gasteiger partial charge < -0.3 is 5.73 Å². The van der Waals surface area contributed by atoms with Gasteiger partial charge in [-0.1, -0.05) is 37.5 Å². The number of rotatable bonds is 0. The third kappa shape index (κ3) is 1.53. The van der Waals surface area contributed by atoms with Crippen LogP contribution >= 0.6 is 0 Å². The van der Waals surface area contributed by atoms with Gasteiger partial charge in [0, 0.05) is 17.6 Å². The van der Waals surface area contributed by atoms with Gasteiger partial charge >= 0.3 is 6.03 Å². The van der Waals surface area contributed by atoms with E-state index < -0.39 is 0 Å². The van der Waals surface area contributed by atoms with Crippen LogP contribution in [0.4, 0.5) is 10.5 Å². The molecule has 0 aromatic heterocycles. The van der Waals surface area contributed by atoms with E-state index in [-0.39, 0.29) is 11.4 Å². The Labute approximate surface area is 102 Å². The van der Waals surface area contributed by atoms with Gasteiger partial charge in [0.05, 0.1) is 0 Å². The van der Waals surface area contributed by atoms with Crippen LogP contribution in [-0.4, -0.2) is 12.6 Å². The largest absolute Gasteiger partial charge is 0.351 e. The predicted molar refractivity (Wildman–Crippen MR) is 68.1 cm³/mol. The maximum absolute atomic E-state index is 11.5. The van der Waals surface area contributed by atoms with Gasteiger partial charge in [0.25, 0.3) is 0 Å². The first kappa shape index (κ1) is 10.6. The van der Waals surface area contributed by atoms with E-state index in [0.717, 1.165) is 12.2 Å². The molecule has 90 valence electrons. The molecule has 17 heavy (non-hydrogen) atoms. The normalized spacial score (nSPS) is 21.5. The van der Waals surface area contributed by atoms with Crippen LogP contribution in [0.5, 0.6) is 0 Å². The fourth-order valence-electron chi connectivity index (χ4n) is 3.48. The third-order valence-electron chi connectivity index (χ3n) is 4.30. The second-order valence-electron chi connectivity index (χ2n) is 5.28. The molecular weight excluding hydrogens is 212 g/mol. The van der Waals surface area contributed by atoms with Crippen molar-refractivity contribution in [3.05, 3.63) is 29.8 Å². The number of nitrogens with zero attached hydrogens (tertiary/aromatic N) is 1. The zero-order chi connectivity index (χ0) is 11.9. The van der Waals surface area contributed by atoms with Gasteiger partial charge in [0.15, 0.2) is 0 Å². The molecule has 1 aromatic rings. The van der Waals surface area contributed by atoms with Crippen molar-refractivity contribution in [3.8, 4) is 0 Å². The smallest absolute Gasteiger partial charge is 0.319 e. The van der Waals surface area contributed by atoms with Crippen LogP contribution in [0.15, 0.2) is 24.3 Å². The summed E-state index contributed by atoms with van der Waals surface area (Å²) in [6, 6.07) is 7.92. The molecule has 0 atom stereocenters. The Morgan fingerprint density at radius 1 is 1.18 bits per heavy atom. The Hall–Kier alpha value is -1.51. The summed E-state index contributed by atoms with van der Waals surface area (Å²) in [6.07, 6.45) is 6.23. The van der Waals surface area contributed by atoms with Crippen molar-refractivity contribution < 1.29 is 4.79 Å². The molecule has 0 saturated heterocycles. The van der Waals surface area contributed by atoms with Crippen LogP contribution in [-0.2, 0) is 5.41 Å². The van der Waals surface area contributed by atoms with Gasteiger partial charge in [-0.3, -0.25) is 4.90 Å². The Balaban J connectivity index is 2.07. The monoisotopic (exact) mass is 230 g/mol. The van der Waals surface area contributed by atoms with Crippen LogP contribution < -0.4 is 10.6 Å². The van der Waals surface area contributed by atoms with Crippen LogP contribution in [0.2, 0.25) is 0 Å². The first-order valence-electron chi connectivity index (χ1n) is 6.39. The van der Waals surface area contributed by atoms with Gasteiger partial charge in [-0.15, -0.1) is 0 Å². The molecule has 2 amide bonds. The Kier molecular flexibility index (Phi) is 2.35. The second kappa shape index (κ2) is 3.76. The zero-order valence-corrected chi connectivity index (χ0v) is 9.98. The standard InChI is InChI=1S/C14H18N2O/c15-13(17)16-10-14(8-4-1-5-9-14)11-6-2-3-7-12(11)16/h2-3,6-7H,1,4-5,8-10H2,(H2,15,17).